The average Bonchev–Trinajstić information content (AvgIpc) is 2.41. The maximum atomic E-state index is 13.0. The molecule has 0 atom stereocenters. The Morgan fingerprint density at radius 1 is 1.33 bits per heavy atom. The molecule has 0 spiro atoms. The lowest BCUT2D eigenvalue weighted by molar-refractivity contribution is -0.385. The Labute approximate surface area is 126 Å². The van der Waals surface area contributed by atoms with Gasteiger partial charge in [-0.3, -0.25) is 10.1 Å². The molecule has 2 aromatic carbocycles. The SMILES string of the molecule is O=C(O)c1cccc([N+](=O)[O-])c1Oc1ccc(F)cc1Br. The van der Waals surface area contributed by atoms with E-state index in [1.807, 2.05) is 0 Å². The highest BCUT2D eigenvalue weighted by Crippen LogP contribution is 2.37. The maximum absolute atomic E-state index is 13.0. The first kappa shape index (κ1) is 14.9. The van der Waals surface area contributed by atoms with Crippen LogP contribution >= 0.6 is 15.9 Å². The molecule has 0 aromatic heterocycles. The van der Waals surface area contributed by atoms with Gasteiger partial charge in [-0.2, -0.15) is 0 Å². The molecule has 1 N–H and O–H groups in total. The van der Waals surface area contributed by atoms with Gasteiger partial charge in [0.15, 0.2) is 0 Å². The third kappa shape index (κ3) is 3.16. The second kappa shape index (κ2) is 5.88. The van der Waals surface area contributed by atoms with Gasteiger partial charge in [-0.05, 0) is 40.2 Å². The summed E-state index contributed by atoms with van der Waals surface area (Å²) in [6, 6.07) is 6.98. The average molecular weight is 356 g/mol. The van der Waals surface area contributed by atoms with E-state index in [-0.39, 0.29) is 15.8 Å². The van der Waals surface area contributed by atoms with Crippen LogP contribution in [0.5, 0.6) is 11.5 Å². The molecular formula is C13H7BrFNO5. The number of para-hydroxylation sites is 1. The van der Waals surface area contributed by atoms with Crippen molar-refractivity contribution in [3.63, 3.8) is 0 Å². The lowest BCUT2D eigenvalue weighted by Gasteiger charge is -2.10. The maximum Gasteiger partial charge on any atom is 0.339 e. The lowest BCUT2D eigenvalue weighted by atomic mass is 10.1. The Bertz CT molecular complexity index is 702. The van der Waals surface area contributed by atoms with E-state index in [0.29, 0.717) is 0 Å². The number of halogens is 2. The van der Waals surface area contributed by atoms with Crippen LogP contribution in [0, 0.1) is 15.9 Å². The van der Waals surface area contributed by atoms with Crippen LogP contribution in [-0.4, -0.2) is 16.0 Å². The smallest absolute Gasteiger partial charge is 0.339 e. The summed E-state index contributed by atoms with van der Waals surface area (Å²) in [6.07, 6.45) is 0. The van der Waals surface area contributed by atoms with Crippen molar-refractivity contribution in [2.24, 2.45) is 0 Å². The van der Waals surface area contributed by atoms with Crippen LogP contribution in [0.25, 0.3) is 0 Å². The summed E-state index contributed by atoms with van der Waals surface area (Å²) < 4.78 is 18.5. The fraction of sp³-hybridized carbons (Fsp3) is 0. The molecule has 6 nitrogen and oxygen atoms in total. The number of hydrogen-bond acceptors (Lipinski definition) is 4. The van der Waals surface area contributed by atoms with Gasteiger partial charge in [0.25, 0.3) is 0 Å². The van der Waals surface area contributed by atoms with Gasteiger partial charge in [-0.25, -0.2) is 9.18 Å². The van der Waals surface area contributed by atoms with E-state index >= 15 is 0 Å². The van der Waals surface area contributed by atoms with Gasteiger partial charge in [0.2, 0.25) is 5.75 Å². The monoisotopic (exact) mass is 355 g/mol. The van der Waals surface area contributed by atoms with E-state index in [0.717, 1.165) is 18.2 Å². The van der Waals surface area contributed by atoms with Crippen LogP contribution in [0.1, 0.15) is 10.4 Å². The summed E-state index contributed by atoms with van der Waals surface area (Å²) in [5, 5.41) is 20.1. The zero-order valence-electron chi connectivity index (χ0n) is 10.2. The highest BCUT2D eigenvalue weighted by molar-refractivity contribution is 9.10. The van der Waals surface area contributed by atoms with Gasteiger partial charge in [-0.1, -0.05) is 6.07 Å². The molecule has 0 aliphatic carbocycles. The van der Waals surface area contributed by atoms with Gasteiger partial charge in [0.05, 0.1) is 9.40 Å². The zero-order chi connectivity index (χ0) is 15.6. The molecule has 0 fully saturated rings. The van der Waals surface area contributed by atoms with E-state index < -0.39 is 28.1 Å². The number of carboxylic acid groups (broad SMARTS) is 1. The Hall–Kier alpha value is -2.48. The summed E-state index contributed by atoms with van der Waals surface area (Å²) in [7, 11) is 0. The molecule has 8 heteroatoms. The summed E-state index contributed by atoms with van der Waals surface area (Å²) >= 11 is 3.05. The lowest BCUT2D eigenvalue weighted by Crippen LogP contribution is -2.03. The number of carbonyl (C=O) groups is 1. The molecule has 21 heavy (non-hydrogen) atoms. The van der Waals surface area contributed by atoms with Crippen molar-refractivity contribution in [1.29, 1.82) is 0 Å². The summed E-state index contributed by atoms with van der Waals surface area (Å²) in [5.74, 6) is -2.25. The molecule has 0 saturated carbocycles. The third-order valence-electron chi connectivity index (χ3n) is 2.53. The molecule has 0 bridgehead atoms. The quantitative estimate of drug-likeness (QED) is 0.661. The fourth-order valence-corrected chi connectivity index (χ4v) is 2.04. The molecule has 0 saturated heterocycles. The van der Waals surface area contributed by atoms with Gasteiger partial charge in [0, 0.05) is 6.07 Å². The first-order valence-corrected chi connectivity index (χ1v) is 6.33. The standard InChI is InChI=1S/C13H7BrFNO5/c14-9-6-7(15)4-5-11(9)21-12-8(13(17)18)2-1-3-10(12)16(19)20/h1-6H,(H,17,18). The fourth-order valence-electron chi connectivity index (χ4n) is 1.61. The normalized spacial score (nSPS) is 10.2. The molecule has 2 aromatic rings. The first-order chi connectivity index (χ1) is 9.90. The number of rotatable bonds is 4. The Kier molecular flexibility index (Phi) is 4.18. The number of nitro benzene ring substituents is 1. The number of nitrogens with zero attached hydrogens (tertiary/aromatic N) is 1. The topological polar surface area (TPSA) is 89.7 Å². The Morgan fingerprint density at radius 2 is 2.05 bits per heavy atom. The van der Waals surface area contributed by atoms with Crippen molar-refractivity contribution in [3.05, 3.63) is 62.4 Å². The number of nitro groups is 1. The van der Waals surface area contributed by atoms with Crippen LogP contribution < -0.4 is 4.74 Å². The van der Waals surface area contributed by atoms with E-state index in [9.17, 15) is 19.3 Å². The van der Waals surface area contributed by atoms with Crippen LogP contribution in [0.15, 0.2) is 40.9 Å². The highest BCUT2D eigenvalue weighted by atomic mass is 79.9. The van der Waals surface area contributed by atoms with Crippen molar-refractivity contribution in [3.8, 4) is 11.5 Å². The van der Waals surface area contributed by atoms with E-state index in [1.165, 1.54) is 18.2 Å². The van der Waals surface area contributed by atoms with Crippen LogP contribution in [0.2, 0.25) is 0 Å². The number of benzene rings is 2. The van der Waals surface area contributed by atoms with Gasteiger partial charge < -0.3 is 9.84 Å². The molecule has 0 heterocycles. The molecule has 0 aliphatic heterocycles. The zero-order valence-corrected chi connectivity index (χ0v) is 11.8. The number of aromatic carboxylic acids is 1. The largest absolute Gasteiger partial charge is 0.478 e. The summed E-state index contributed by atoms with van der Waals surface area (Å²) in [4.78, 5) is 21.4. The second-order valence-electron chi connectivity index (χ2n) is 3.89. The number of hydrogen-bond donors (Lipinski definition) is 1. The molecule has 0 radical (unpaired) electrons. The Morgan fingerprint density at radius 3 is 2.62 bits per heavy atom. The molecular weight excluding hydrogens is 349 g/mol. The molecule has 0 amide bonds. The van der Waals surface area contributed by atoms with Crippen LogP contribution in [-0.2, 0) is 0 Å². The van der Waals surface area contributed by atoms with Crippen molar-refractivity contribution < 1.29 is 24.0 Å². The first-order valence-electron chi connectivity index (χ1n) is 5.53. The number of ether oxygens (including phenoxy) is 1. The van der Waals surface area contributed by atoms with Gasteiger partial charge >= 0.3 is 11.7 Å². The predicted octanol–water partition coefficient (Wildman–Crippen LogP) is 3.99. The predicted molar refractivity (Wildman–Crippen MR) is 74.2 cm³/mol. The van der Waals surface area contributed by atoms with Crippen molar-refractivity contribution in [1.82, 2.24) is 0 Å². The van der Waals surface area contributed by atoms with Crippen LogP contribution in [0.3, 0.4) is 0 Å². The molecule has 108 valence electrons. The summed E-state index contributed by atoms with van der Waals surface area (Å²) in [6.45, 7) is 0. The van der Waals surface area contributed by atoms with Gasteiger partial charge in [-0.15, -0.1) is 0 Å². The third-order valence-corrected chi connectivity index (χ3v) is 3.15. The van der Waals surface area contributed by atoms with E-state index in [4.69, 9.17) is 9.84 Å². The summed E-state index contributed by atoms with van der Waals surface area (Å²) in [5.41, 5.74) is -0.855. The highest BCUT2D eigenvalue weighted by Gasteiger charge is 2.24. The molecule has 0 aliphatic rings. The number of carboxylic acids is 1. The van der Waals surface area contributed by atoms with Gasteiger partial charge in [0.1, 0.15) is 17.1 Å². The van der Waals surface area contributed by atoms with Crippen molar-refractivity contribution >= 4 is 27.6 Å². The second-order valence-corrected chi connectivity index (χ2v) is 4.75. The minimum Gasteiger partial charge on any atom is -0.478 e. The minimum atomic E-state index is -1.37. The Balaban J connectivity index is 2.56. The molecule has 2 rings (SSSR count). The molecule has 0 unspecified atom stereocenters. The van der Waals surface area contributed by atoms with E-state index in [1.54, 1.807) is 0 Å². The van der Waals surface area contributed by atoms with Crippen LogP contribution in [0.4, 0.5) is 10.1 Å². The minimum absolute atomic E-state index is 0.0631. The van der Waals surface area contributed by atoms with Crippen molar-refractivity contribution in [2.45, 2.75) is 0 Å². The van der Waals surface area contributed by atoms with Crippen molar-refractivity contribution in [2.75, 3.05) is 0 Å². The van der Waals surface area contributed by atoms with E-state index in [2.05, 4.69) is 15.9 Å².